The van der Waals surface area contributed by atoms with Crippen LogP contribution in [0.3, 0.4) is 0 Å². The lowest BCUT2D eigenvalue weighted by molar-refractivity contribution is -0.167. The highest BCUT2D eigenvalue weighted by molar-refractivity contribution is 5.71. The van der Waals surface area contributed by atoms with Gasteiger partial charge in [0.1, 0.15) is 13.2 Å². The van der Waals surface area contributed by atoms with Gasteiger partial charge in [0.15, 0.2) is 6.10 Å². The van der Waals surface area contributed by atoms with Crippen molar-refractivity contribution in [2.24, 2.45) is 0 Å². The maximum Gasteiger partial charge on any atom is 0.306 e. The van der Waals surface area contributed by atoms with E-state index in [4.69, 9.17) is 14.2 Å². The van der Waals surface area contributed by atoms with Gasteiger partial charge in [0, 0.05) is 19.3 Å². The van der Waals surface area contributed by atoms with Crippen molar-refractivity contribution in [1.29, 1.82) is 0 Å². The largest absolute Gasteiger partial charge is 0.462 e. The van der Waals surface area contributed by atoms with E-state index < -0.39 is 6.10 Å². The fraction of sp³-hybridized carbons (Fsp3) is 0.788. The number of esters is 3. The number of rotatable bonds is 44. The quantitative estimate of drug-likeness (QED) is 0.0264. The normalized spacial score (nSPS) is 12.4. The Hall–Kier alpha value is -2.63. The molecular weight excluding hydrogens is 721 g/mol. The third-order valence-corrected chi connectivity index (χ3v) is 10.6. The van der Waals surface area contributed by atoms with Crippen LogP contribution in [0.25, 0.3) is 0 Å². The molecule has 0 aromatic carbocycles. The lowest BCUT2D eigenvalue weighted by Crippen LogP contribution is -2.30. The van der Waals surface area contributed by atoms with Crippen LogP contribution < -0.4 is 0 Å². The minimum Gasteiger partial charge on any atom is -0.462 e. The molecule has 0 amide bonds. The average molecular weight is 813 g/mol. The Labute approximate surface area is 358 Å². The van der Waals surface area contributed by atoms with Gasteiger partial charge in [-0.3, -0.25) is 14.4 Å². The van der Waals surface area contributed by atoms with Crippen molar-refractivity contribution in [1.82, 2.24) is 0 Å². The lowest BCUT2D eigenvalue weighted by Gasteiger charge is -2.18. The zero-order valence-corrected chi connectivity index (χ0v) is 38.3. The summed E-state index contributed by atoms with van der Waals surface area (Å²) in [6, 6.07) is 0. The Morgan fingerprint density at radius 1 is 0.345 bits per heavy atom. The average Bonchev–Trinajstić information content (AvgIpc) is 3.22. The van der Waals surface area contributed by atoms with Crippen LogP contribution in [0.2, 0.25) is 0 Å². The van der Waals surface area contributed by atoms with Crippen molar-refractivity contribution in [3.05, 3.63) is 48.6 Å². The van der Waals surface area contributed by atoms with Gasteiger partial charge in [0.25, 0.3) is 0 Å². The topological polar surface area (TPSA) is 78.9 Å². The molecule has 0 heterocycles. The smallest absolute Gasteiger partial charge is 0.306 e. The molecule has 0 fully saturated rings. The number of ether oxygens (including phenoxy) is 3. The fourth-order valence-electron chi connectivity index (χ4n) is 6.80. The van der Waals surface area contributed by atoms with Gasteiger partial charge in [-0.1, -0.05) is 191 Å². The summed E-state index contributed by atoms with van der Waals surface area (Å²) in [6.45, 7) is 6.51. The molecule has 0 radical (unpaired) electrons. The van der Waals surface area contributed by atoms with Crippen LogP contribution in [-0.2, 0) is 28.6 Å². The van der Waals surface area contributed by atoms with E-state index in [1.165, 1.54) is 109 Å². The highest BCUT2D eigenvalue weighted by Crippen LogP contribution is 2.14. The maximum atomic E-state index is 12.7. The van der Waals surface area contributed by atoms with E-state index in [1.807, 2.05) is 0 Å². The van der Waals surface area contributed by atoms with Crippen molar-refractivity contribution < 1.29 is 28.6 Å². The second kappa shape index (κ2) is 47.1. The number of hydrogen-bond donors (Lipinski definition) is 0. The van der Waals surface area contributed by atoms with Crippen LogP contribution in [-0.4, -0.2) is 37.2 Å². The van der Waals surface area contributed by atoms with Crippen LogP contribution in [0.1, 0.15) is 245 Å². The highest BCUT2D eigenvalue weighted by Gasteiger charge is 2.19. The van der Waals surface area contributed by atoms with Gasteiger partial charge in [-0.2, -0.15) is 0 Å². The van der Waals surface area contributed by atoms with E-state index in [2.05, 4.69) is 69.4 Å². The Balaban J connectivity index is 4.22. The van der Waals surface area contributed by atoms with Gasteiger partial charge < -0.3 is 14.2 Å². The zero-order chi connectivity index (χ0) is 42.3. The molecule has 0 rings (SSSR count). The van der Waals surface area contributed by atoms with E-state index >= 15 is 0 Å². The highest BCUT2D eigenvalue weighted by atomic mass is 16.6. The van der Waals surface area contributed by atoms with Crippen molar-refractivity contribution >= 4 is 17.9 Å². The summed E-state index contributed by atoms with van der Waals surface area (Å²) >= 11 is 0. The Kier molecular flexibility index (Phi) is 44.9. The van der Waals surface area contributed by atoms with Crippen LogP contribution in [0, 0.1) is 0 Å². The number of carbonyl (C=O) groups excluding carboxylic acids is 3. The second-order valence-electron chi connectivity index (χ2n) is 16.4. The Bertz CT molecular complexity index is 1030. The van der Waals surface area contributed by atoms with E-state index in [0.29, 0.717) is 19.3 Å². The molecule has 6 heteroatoms. The van der Waals surface area contributed by atoms with Crippen LogP contribution >= 0.6 is 0 Å². The Morgan fingerprint density at radius 3 is 1.02 bits per heavy atom. The predicted octanol–water partition coefficient (Wildman–Crippen LogP) is 15.9. The molecule has 0 aromatic rings. The van der Waals surface area contributed by atoms with Crippen molar-refractivity contribution in [2.45, 2.75) is 252 Å². The van der Waals surface area contributed by atoms with E-state index in [9.17, 15) is 14.4 Å². The molecule has 0 saturated carbocycles. The summed E-state index contributed by atoms with van der Waals surface area (Å²) in [7, 11) is 0. The minimum absolute atomic E-state index is 0.0813. The van der Waals surface area contributed by atoms with Gasteiger partial charge in [0.2, 0.25) is 0 Å². The van der Waals surface area contributed by atoms with Gasteiger partial charge >= 0.3 is 17.9 Å². The van der Waals surface area contributed by atoms with E-state index in [0.717, 1.165) is 96.3 Å². The molecule has 0 aliphatic rings. The molecule has 0 bridgehead atoms. The molecular formula is C52H92O6. The van der Waals surface area contributed by atoms with Crippen molar-refractivity contribution in [2.75, 3.05) is 13.2 Å². The molecule has 0 aliphatic carbocycles. The number of carbonyl (C=O) groups is 3. The third kappa shape index (κ3) is 44.5. The van der Waals surface area contributed by atoms with Crippen molar-refractivity contribution in [3.63, 3.8) is 0 Å². The van der Waals surface area contributed by atoms with E-state index in [-0.39, 0.29) is 31.1 Å². The number of unbranched alkanes of at least 4 members (excludes halogenated alkanes) is 25. The first-order chi connectivity index (χ1) is 28.5. The fourth-order valence-corrected chi connectivity index (χ4v) is 6.80. The molecule has 0 N–H and O–H groups in total. The van der Waals surface area contributed by atoms with Gasteiger partial charge in [-0.05, 0) is 83.5 Å². The molecule has 1 atom stereocenters. The second-order valence-corrected chi connectivity index (χ2v) is 16.4. The molecule has 0 aromatic heterocycles. The first kappa shape index (κ1) is 55.4. The molecule has 6 nitrogen and oxygen atoms in total. The Morgan fingerprint density at radius 2 is 0.621 bits per heavy atom. The van der Waals surface area contributed by atoms with Crippen LogP contribution in [0.15, 0.2) is 48.6 Å². The van der Waals surface area contributed by atoms with Gasteiger partial charge in [-0.25, -0.2) is 0 Å². The predicted molar refractivity (Wildman–Crippen MR) is 247 cm³/mol. The molecule has 58 heavy (non-hydrogen) atoms. The first-order valence-corrected chi connectivity index (χ1v) is 24.6. The van der Waals surface area contributed by atoms with Crippen LogP contribution in [0.5, 0.6) is 0 Å². The van der Waals surface area contributed by atoms with E-state index in [1.54, 1.807) is 0 Å². The summed E-state index contributed by atoms with van der Waals surface area (Å²) < 4.78 is 16.6. The number of allylic oxidation sites excluding steroid dienone is 8. The maximum absolute atomic E-state index is 12.7. The molecule has 0 spiro atoms. The van der Waals surface area contributed by atoms with Gasteiger partial charge in [-0.15, -0.1) is 0 Å². The standard InChI is InChI=1S/C52H92O6/c1-4-7-10-13-15-17-19-21-23-25-26-27-29-30-32-34-36-39-42-45-51(54)57-48-49(47-56-50(53)44-41-38-12-9-6-3)58-52(55)46-43-40-37-35-33-31-28-24-22-20-18-16-14-11-8-5-2/h15,17,21,23-24,26-28,49H,4-14,16,18-20,22,25,29-48H2,1-3H3/b17-15-,23-21-,27-26-,28-24-. The first-order valence-electron chi connectivity index (χ1n) is 24.6. The summed E-state index contributed by atoms with van der Waals surface area (Å²) in [5, 5.41) is 0. The van der Waals surface area contributed by atoms with Crippen LogP contribution in [0.4, 0.5) is 0 Å². The van der Waals surface area contributed by atoms with Gasteiger partial charge in [0.05, 0.1) is 0 Å². The third-order valence-electron chi connectivity index (χ3n) is 10.6. The molecule has 1 unspecified atom stereocenters. The number of hydrogen-bond acceptors (Lipinski definition) is 6. The summed E-state index contributed by atoms with van der Waals surface area (Å²) in [5.74, 6) is -0.913. The van der Waals surface area contributed by atoms with Crippen molar-refractivity contribution in [3.8, 4) is 0 Å². The zero-order valence-electron chi connectivity index (χ0n) is 38.3. The molecule has 0 aliphatic heterocycles. The minimum atomic E-state index is -0.777. The monoisotopic (exact) mass is 813 g/mol. The summed E-state index contributed by atoms with van der Waals surface area (Å²) in [6.07, 6.45) is 55.5. The SMILES string of the molecule is CCCCC/C=C\C/C=C\C/C=C\CCCCCCCCC(=O)OCC(COC(=O)CCCCCCC)OC(=O)CCCCCCC/C=C\CCCCCCCCC. The lowest BCUT2D eigenvalue weighted by atomic mass is 10.1. The molecule has 0 saturated heterocycles. The molecule has 336 valence electrons. The summed E-state index contributed by atoms with van der Waals surface area (Å²) in [4.78, 5) is 37.6. The summed E-state index contributed by atoms with van der Waals surface area (Å²) in [5.41, 5.74) is 0.